The van der Waals surface area contributed by atoms with Gasteiger partial charge in [-0.1, -0.05) is 6.92 Å². The molecule has 4 N–H and O–H groups in total. The molecule has 0 aromatic heterocycles. The zero-order valence-electron chi connectivity index (χ0n) is 21.3. The van der Waals surface area contributed by atoms with Crippen molar-refractivity contribution in [1.29, 1.82) is 0 Å². The highest BCUT2D eigenvalue weighted by Gasteiger charge is 2.60. The number of hydroxylamine groups is 2. The maximum absolute atomic E-state index is 16.1. The molecule has 0 radical (unpaired) electrons. The average molecular weight is 513 g/mol. The van der Waals surface area contributed by atoms with Crippen LogP contribution >= 0.6 is 0 Å². The van der Waals surface area contributed by atoms with E-state index in [1.54, 1.807) is 4.90 Å². The first kappa shape index (κ1) is 25.1. The van der Waals surface area contributed by atoms with E-state index < -0.39 is 60.9 Å². The number of ether oxygens (including phenoxy) is 1. The molecule has 2 amide bonds. The molecule has 1 saturated carbocycles. The Hall–Kier alpha value is -1.15. The van der Waals surface area contributed by atoms with E-state index >= 15 is 8.78 Å². The minimum absolute atomic E-state index is 0.0219. The van der Waals surface area contributed by atoms with E-state index in [9.17, 15) is 10.0 Å². The van der Waals surface area contributed by atoms with Crippen LogP contribution in [0.4, 0.5) is 13.6 Å². The molecule has 1 aliphatic carbocycles. The third-order valence-corrected chi connectivity index (χ3v) is 9.74. The molecule has 0 spiro atoms. The minimum atomic E-state index is -1.51. The number of alkyl halides is 2. The molecule has 36 heavy (non-hydrogen) atoms. The van der Waals surface area contributed by atoms with E-state index in [-0.39, 0.29) is 30.5 Å². The fourth-order valence-electron chi connectivity index (χ4n) is 7.92. The number of nitrogens with one attached hydrogen (secondary N) is 4. The van der Waals surface area contributed by atoms with Crippen molar-refractivity contribution in [2.45, 2.75) is 101 Å². The third kappa shape index (κ3) is 3.87. The lowest BCUT2D eigenvalue weighted by atomic mass is 9.70. The van der Waals surface area contributed by atoms with Gasteiger partial charge in [0.1, 0.15) is 18.6 Å². The van der Waals surface area contributed by atoms with Crippen LogP contribution in [0.2, 0.25) is 0 Å². The third-order valence-electron chi connectivity index (χ3n) is 9.74. The van der Waals surface area contributed by atoms with Crippen molar-refractivity contribution in [2.75, 3.05) is 26.3 Å². The molecule has 6 rings (SSSR count). The van der Waals surface area contributed by atoms with Crippen molar-refractivity contribution in [1.82, 2.24) is 36.1 Å². The number of halogens is 2. The summed E-state index contributed by atoms with van der Waals surface area (Å²) in [6.07, 6.45) is -4.38. The molecule has 0 aromatic carbocycles. The Bertz CT molecular complexity index is 844. The van der Waals surface area contributed by atoms with Gasteiger partial charge in [0.2, 0.25) is 0 Å². The predicted molar refractivity (Wildman–Crippen MR) is 129 cm³/mol. The number of hydrogen-bond donors (Lipinski definition) is 4. The highest BCUT2D eigenvalue weighted by Crippen LogP contribution is 2.48. The van der Waals surface area contributed by atoms with Crippen LogP contribution in [-0.4, -0.2) is 108 Å². The van der Waals surface area contributed by atoms with E-state index in [0.717, 1.165) is 18.2 Å². The monoisotopic (exact) mass is 512 g/mol. The topological polar surface area (TPSA) is 107 Å². The molecule has 6 aliphatic rings. The van der Waals surface area contributed by atoms with Crippen LogP contribution in [0, 0.1) is 23.0 Å². The van der Waals surface area contributed by atoms with Gasteiger partial charge < -0.3 is 30.5 Å². The minimum Gasteiger partial charge on any atom is -0.783 e. The number of hydrogen-bond acceptors (Lipinski definition) is 8. The quantitative estimate of drug-likeness (QED) is 0.403. The largest absolute Gasteiger partial charge is 0.783 e. The number of piperidine rings is 1. The van der Waals surface area contributed by atoms with Crippen LogP contribution < -0.4 is 21.3 Å². The van der Waals surface area contributed by atoms with E-state index in [1.165, 1.54) is 0 Å². The summed E-state index contributed by atoms with van der Waals surface area (Å²) in [5, 5.41) is 28.2. The Kier molecular flexibility index (Phi) is 6.67. The molecule has 12 heteroatoms. The van der Waals surface area contributed by atoms with Crippen LogP contribution in [0.1, 0.15) is 40.0 Å². The van der Waals surface area contributed by atoms with Crippen molar-refractivity contribution >= 4 is 6.03 Å². The van der Waals surface area contributed by atoms with Gasteiger partial charge in [-0.25, -0.2) is 13.6 Å². The molecule has 5 heterocycles. The normalized spacial score (nSPS) is 52.3. The van der Waals surface area contributed by atoms with Crippen LogP contribution in [0.15, 0.2) is 0 Å². The molecule has 6 fully saturated rings. The number of piperazine rings is 1. The van der Waals surface area contributed by atoms with Gasteiger partial charge in [-0.2, -0.15) is 0 Å². The van der Waals surface area contributed by atoms with Crippen LogP contribution in [0.5, 0.6) is 0 Å². The zero-order chi connectivity index (χ0) is 25.3. The molecule has 204 valence electrons. The molecule has 5 saturated heterocycles. The summed E-state index contributed by atoms with van der Waals surface area (Å²) in [5.41, 5.74) is 0. The number of rotatable bonds is 1. The lowest BCUT2D eigenvalue weighted by Crippen LogP contribution is -2.80. The van der Waals surface area contributed by atoms with Gasteiger partial charge in [-0.15, -0.1) is 0 Å². The summed E-state index contributed by atoms with van der Waals surface area (Å²) in [7, 11) is 0. The van der Waals surface area contributed by atoms with Crippen molar-refractivity contribution < 1.29 is 18.3 Å². The number of carbonyl (C=O) groups is 1. The van der Waals surface area contributed by atoms with Gasteiger partial charge in [0.15, 0.2) is 0 Å². The SMILES string of the molecule is CC1CCC(F)C2C1OC1NCNC(C)C1N1C(=O)NC(N3CCNC[C@@H]3C)C3CC(F)C2N([O-])C31. The molecular formula is C24H40F2N7O3-. The second-order valence-electron chi connectivity index (χ2n) is 11.8. The maximum Gasteiger partial charge on any atom is 0.320 e. The van der Waals surface area contributed by atoms with E-state index in [2.05, 4.69) is 33.1 Å². The van der Waals surface area contributed by atoms with Crippen LogP contribution in [-0.2, 0) is 4.74 Å². The summed E-state index contributed by atoms with van der Waals surface area (Å²) in [6.45, 7) is 8.71. The van der Waals surface area contributed by atoms with Gasteiger partial charge in [0.25, 0.3) is 0 Å². The second kappa shape index (κ2) is 9.55. The Morgan fingerprint density at radius 1 is 1.08 bits per heavy atom. The lowest BCUT2D eigenvalue weighted by molar-refractivity contribution is -0.151. The van der Waals surface area contributed by atoms with Crippen molar-refractivity contribution in [3.63, 3.8) is 0 Å². The Balaban J connectivity index is 1.46. The van der Waals surface area contributed by atoms with Crippen molar-refractivity contribution in [2.24, 2.45) is 17.8 Å². The Morgan fingerprint density at radius 3 is 2.67 bits per heavy atom. The first-order chi connectivity index (χ1) is 17.3. The molecule has 5 aliphatic heterocycles. The first-order valence-electron chi connectivity index (χ1n) is 13.7. The summed E-state index contributed by atoms with van der Waals surface area (Å²) in [6, 6.07) is -2.10. The van der Waals surface area contributed by atoms with E-state index in [4.69, 9.17) is 4.74 Å². The average Bonchev–Trinajstić information content (AvgIpc) is 2.87. The fourth-order valence-corrected chi connectivity index (χ4v) is 7.92. The Morgan fingerprint density at radius 2 is 1.89 bits per heavy atom. The number of carbonyl (C=O) groups excluding carboxylic acids is 1. The smallest absolute Gasteiger partial charge is 0.320 e. The van der Waals surface area contributed by atoms with Gasteiger partial charge in [-0.3, -0.25) is 15.5 Å². The Labute approximate surface area is 211 Å². The first-order valence-corrected chi connectivity index (χ1v) is 13.7. The summed E-state index contributed by atoms with van der Waals surface area (Å²) in [4.78, 5) is 17.6. The fraction of sp³-hybridized carbons (Fsp3) is 0.958. The van der Waals surface area contributed by atoms with E-state index in [1.807, 2.05) is 13.8 Å². The second-order valence-corrected chi connectivity index (χ2v) is 11.8. The van der Waals surface area contributed by atoms with Crippen molar-refractivity contribution in [3.05, 3.63) is 5.21 Å². The molecule has 12 unspecified atom stereocenters. The number of amides is 2. The molecule has 13 atom stereocenters. The molecule has 10 nitrogen and oxygen atoms in total. The molecular weight excluding hydrogens is 472 g/mol. The summed E-state index contributed by atoms with van der Waals surface area (Å²) >= 11 is 0. The van der Waals surface area contributed by atoms with E-state index in [0.29, 0.717) is 26.1 Å². The van der Waals surface area contributed by atoms with Gasteiger partial charge in [0, 0.05) is 56.3 Å². The van der Waals surface area contributed by atoms with Crippen LogP contribution in [0.25, 0.3) is 0 Å². The highest BCUT2D eigenvalue weighted by atomic mass is 19.1. The summed E-state index contributed by atoms with van der Waals surface area (Å²) in [5.74, 6) is -1.36. The van der Waals surface area contributed by atoms with Gasteiger partial charge in [0.05, 0.1) is 24.5 Å². The predicted octanol–water partition coefficient (Wildman–Crippen LogP) is 0.500. The maximum atomic E-state index is 16.1. The summed E-state index contributed by atoms with van der Waals surface area (Å²) < 4.78 is 38.3. The number of fused-ring (bicyclic) bond motifs is 5. The molecule has 2 bridgehead atoms. The zero-order valence-corrected chi connectivity index (χ0v) is 21.3. The number of nitrogens with zero attached hydrogens (tertiary/aromatic N) is 3. The molecule has 0 aromatic rings. The van der Waals surface area contributed by atoms with Crippen molar-refractivity contribution in [3.8, 4) is 0 Å². The lowest BCUT2D eigenvalue weighted by Gasteiger charge is -2.63. The van der Waals surface area contributed by atoms with Crippen LogP contribution in [0.3, 0.4) is 0 Å². The highest BCUT2D eigenvalue weighted by molar-refractivity contribution is 5.76. The standard InChI is InChI=1S/C24H40F2N7O3/c1-11-4-5-15(25)17-19-16(26)8-14-21(31-7-6-27-9-12(31)2)30-24(34)32(23(14)33(19)35)18-13(3)28-10-29-22(18)36-20(11)17/h11-23,27-29H,4-10H2,1-3H3,(H,30,34)/q-1/t11?,12-,13?,14?,15?,16?,17?,18?,19?,20?,21?,22?,23?/m0/s1. The number of urea groups is 1. The van der Waals surface area contributed by atoms with Gasteiger partial charge >= 0.3 is 6.03 Å². The van der Waals surface area contributed by atoms with Gasteiger partial charge in [-0.05, 0) is 39.0 Å².